The molecule has 0 aliphatic heterocycles. The molecule has 0 unspecified atom stereocenters. The molecule has 0 saturated carbocycles. The molecule has 0 aliphatic carbocycles. The number of amides is 1. The number of carbonyl (C=O) groups is 2. The van der Waals surface area contributed by atoms with Gasteiger partial charge in [0.15, 0.2) is 11.5 Å². The van der Waals surface area contributed by atoms with Gasteiger partial charge in [-0.05, 0) is 77.9 Å². The average Bonchev–Trinajstić information content (AvgIpc) is 2.93. The maximum Gasteiger partial charge on any atom is 0.343 e. The first kappa shape index (κ1) is 25.5. The maximum atomic E-state index is 12.4. The smallest absolute Gasteiger partial charge is 0.343 e. The van der Waals surface area contributed by atoms with Crippen molar-refractivity contribution in [2.24, 2.45) is 5.10 Å². The molecule has 7 nitrogen and oxygen atoms in total. The number of esters is 1. The van der Waals surface area contributed by atoms with Crippen LogP contribution in [0, 0.1) is 0 Å². The SMILES string of the molecule is COc1cc(/C=N/NC(=O)c2ccc(OCc3ccccc3)cc2)ccc1OC(=O)c1ccc(Cl)cc1. The van der Waals surface area contributed by atoms with Crippen LogP contribution in [0.15, 0.2) is 102 Å². The highest BCUT2D eigenvalue weighted by Crippen LogP contribution is 2.28. The molecular weight excluding hydrogens is 492 g/mol. The highest BCUT2D eigenvalue weighted by molar-refractivity contribution is 6.30. The van der Waals surface area contributed by atoms with Gasteiger partial charge in [-0.1, -0.05) is 41.9 Å². The standard InChI is InChI=1S/C29H23ClN2O5/c1-35-27-17-21(7-16-26(27)37-29(34)23-8-12-24(30)13-9-23)18-31-32-28(33)22-10-14-25(15-11-22)36-19-20-5-3-2-4-6-20/h2-18H,19H2,1H3,(H,32,33)/b31-18+. The van der Waals surface area contributed by atoms with Crippen molar-refractivity contribution in [2.75, 3.05) is 7.11 Å². The third-order valence-electron chi connectivity index (χ3n) is 5.21. The molecule has 0 saturated heterocycles. The minimum atomic E-state index is -0.542. The number of nitrogens with one attached hydrogen (secondary N) is 1. The summed E-state index contributed by atoms with van der Waals surface area (Å²) in [6.07, 6.45) is 1.46. The summed E-state index contributed by atoms with van der Waals surface area (Å²) in [4.78, 5) is 24.8. The van der Waals surface area contributed by atoms with Crippen molar-refractivity contribution in [3.05, 3.63) is 124 Å². The summed E-state index contributed by atoms with van der Waals surface area (Å²) >= 11 is 5.86. The van der Waals surface area contributed by atoms with E-state index in [4.69, 9.17) is 25.8 Å². The summed E-state index contributed by atoms with van der Waals surface area (Å²) < 4.78 is 16.5. The lowest BCUT2D eigenvalue weighted by Crippen LogP contribution is -2.17. The lowest BCUT2D eigenvalue weighted by atomic mass is 10.2. The molecule has 0 atom stereocenters. The number of ether oxygens (including phenoxy) is 3. The Morgan fingerprint density at radius 3 is 2.27 bits per heavy atom. The van der Waals surface area contributed by atoms with Gasteiger partial charge in [0.05, 0.1) is 18.9 Å². The van der Waals surface area contributed by atoms with Crippen molar-refractivity contribution in [2.45, 2.75) is 6.61 Å². The molecule has 0 bridgehead atoms. The zero-order valence-corrected chi connectivity index (χ0v) is 20.6. The number of hydrogen-bond donors (Lipinski definition) is 1. The summed E-state index contributed by atoms with van der Waals surface area (Å²) in [6.45, 7) is 0.444. The molecule has 8 heteroatoms. The predicted molar refractivity (Wildman–Crippen MR) is 142 cm³/mol. The van der Waals surface area contributed by atoms with E-state index in [0.29, 0.717) is 39.8 Å². The van der Waals surface area contributed by atoms with Crippen molar-refractivity contribution in [1.82, 2.24) is 5.43 Å². The van der Waals surface area contributed by atoms with Gasteiger partial charge in [0.25, 0.3) is 5.91 Å². The van der Waals surface area contributed by atoms with Crippen LogP contribution in [0.25, 0.3) is 0 Å². The number of hydrogen-bond acceptors (Lipinski definition) is 6. The second kappa shape index (κ2) is 12.4. The quantitative estimate of drug-likeness (QED) is 0.130. The molecule has 4 aromatic carbocycles. The molecule has 0 spiro atoms. The summed E-state index contributed by atoms with van der Waals surface area (Å²) in [7, 11) is 1.46. The van der Waals surface area contributed by atoms with Crippen LogP contribution >= 0.6 is 11.6 Å². The van der Waals surface area contributed by atoms with Crippen LogP contribution in [0.3, 0.4) is 0 Å². The third-order valence-corrected chi connectivity index (χ3v) is 5.47. The first-order valence-corrected chi connectivity index (χ1v) is 11.7. The first-order valence-electron chi connectivity index (χ1n) is 11.3. The lowest BCUT2D eigenvalue weighted by Gasteiger charge is -2.10. The molecule has 0 heterocycles. The van der Waals surface area contributed by atoms with Gasteiger partial charge in [-0.15, -0.1) is 0 Å². The van der Waals surface area contributed by atoms with Gasteiger partial charge >= 0.3 is 5.97 Å². The fourth-order valence-corrected chi connectivity index (χ4v) is 3.39. The molecule has 4 rings (SSSR count). The van der Waals surface area contributed by atoms with E-state index in [1.54, 1.807) is 66.7 Å². The lowest BCUT2D eigenvalue weighted by molar-refractivity contribution is 0.0729. The number of hydrazone groups is 1. The van der Waals surface area contributed by atoms with Crippen LogP contribution in [0.5, 0.6) is 17.2 Å². The first-order chi connectivity index (χ1) is 18.0. The van der Waals surface area contributed by atoms with Crippen LogP contribution in [-0.2, 0) is 6.61 Å². The Bertz CT molecular complexity index is 1390. The molecule has 186 valence electrons. The molecule has 0 aromatic heterocycles. The molecule has 1 N–H and O–H groups in total. The highest BCUT2D eigenvalue weighted by Gasteiger charge is 2.13. The van der Waals surface area contributed by atoms with Gasteiger partial charge in [-0.2, -0.15) is 5.10 Å². The van der Waals surface area contributed by atoms with E-state index in [1.165, 1.54) is 13.3 Å². The fraction of sp³-hybridized carbons (Fsp3) is 0.0690. The Labute approximate surface area is 219 Å². The van der Waals surface area contributed by atoms with Crippen LogP contribution in [0.2, 0.25) is 5.02 Å². The van der Waals surface area contributed by atoms with Gasteiger partial charge in [0, 0.05) is 10.6 Å². The van der Waals surface area contributed by atoms with Crippen LogP contribution < -0.4 is 19.6 Å². The topological polar surface area (TPSA) is 86.2 Å². The van der Waals surface area contributed by atoms with Crippen LogP contribution in [0.4, 0.5) is 0 Å². The summed E-state index contributed by atoms with van der Waals surface area (Å²) in [6, 6.07) is 27.9. The molecule has 1 amide bonds. The Hall–Kier alpha value is -4.62. The van der Waals surface area contributed by atoms with E-state index in [-0.39, 0.29) is 11.7 Å². The number of methoxy groups -OCH3 is 1. The number of halogens is 1. The molecular formula is C29H23ClN2O5. The zero-order chi connectivity index (χ0) is 26.0. The third kappa shape index (κ3) is 7.19. The van der Waals surface area contributed by atoms with Crippen LogP contribution in [-0.4, -0.2) is 25.2 Å². The van der Waals surface area contributed by atoms with E-state index < -0.39 is 5.97 Å². The molecule has 4 aromatic rings. The van der Waals surface area contributed by atoms with Gasteiger partial charge in [0.1, 0.15) is 12.4 Å². The maximum absolute atomic E-state index is 12.4. The average molecular weight is 515 g/mol. The number of rotatable bonds is 9. The fourth-order valence-electron chi connectivity index (χ4n) is 3.27. The van der Waals surface area contributed by atoms with Gasteiger partial charge < -0.3 is 14.2 Å². The summed E-state index contributed by atoms with van der Waals surface area (Å²) in [5.74, 6) is 0.334. The van der Waals surface area contributed by atoms with Crippen molar-refractivity contribution in [1.29, 1.82) is 0 Å². The number of benzene rings is 4. The van der Waals surface area contributed by atoms with E-state index in [2.05, 4.69) is 10.5 Å². The number of nitrogens with zero attached hydrogens (tertiary/aromatic N) is 1. The summed E-state index contributed by atoms with van der Waals surface area (Å²) in [5, 5.41) is 4.53. The van der Waals surface area contributed by atoms with Crippen molar-refractivity contribution >= 4 is 29.7 Å². The molecule has 0 aliphatic rings. The summed E-state index contributed by atoms with van der Waals surface area (Å²) in [5.41, 5.74) is 4.97. The Morgan fingerprint density at radius 2 is 1.57 bits per heavy atom. The highest BCUT2D eigenvalue weighted by atomic mass is 35.5. The van der Waals surface area contributed by atoms with E-state index in [0.717, 1.165) is 5.56 Å². The van der Waals surface area contributed by atoms with Crippen molar-refractivity contribution in [3.8, 4) is 17.2 Å². The largest absolute Gasteiger partial charge is 0.493 e. The van der Waals surface area contributed by atoms with Gasteiger partial charge in [0.2, 0.25) is 0 Å². The van der Waals surface area contributed by atoms with E-state index in [9.17, 15) is 9.59 Å². The van der Waals surface area contributed by atoms with Crippen molar-refractivity contribution in [3.63, 3.8) is 0 Å². The van der Waals surface area contributed by atoms with E-state index >= 15 is 0 Å². The van der Waals surface area contributed by atoms with E-state index in [1.807, 2.05) is 30.3 Å². The minimum Gasteiger partial charge on any atom is -0.493 e. The van der Waals surface area contributed by atoms with Crippen molar-refractivity contribution < 1.29 is 23.8 Å². The Balaban J connectivity index is 1.32. The van der Waals surface area contributed by atoms with Gasteiger partial charge in [-0.3, -0.25) is 4.79 Å². The number of carbonyl (C=O) groups excluding carboxylic acids is 2. The second-order valence-electron chi connectivity index (χ2n) is 7.80. The normalized spacial score (nSPS) is 10.6. The van der Waals surface area contributed by atoms with Gasteiger partial charge in [-0.25, -0.2) is 10.2 Å². The van der Waals surface area contributed by atoms with Crippen LogP contribution in [0.1, 0.15) is 31.8 Å². The second-order valence-corrected chi connectivity index (χ2v) is 8.24. The zero-order valence-electron chi connectivity index (χ0n) is 19.9. The molecule has 37 heavy (non-hydrogen) atoms. The molecule has 0 radical (unpaired) electrons. The Morgan fingerprint density at radius 1 is 0.865 bits per heavy atom. The predicted octanol–water partition coefficient (Wildman–Crippen LogP) is 5.91. The Kier molecular flexibility index (Phi) is 8.52. The minimum absolute atomic E-state index is 0.248. The monoisotopic (exact) mass is 514 g/mol. The molecule has 0 fully saturated rings.